The van der Waals surface area contributed by atoms with Gasteiger partial charge < -0.3 is 5.32 Å². The van der Waals surface area contributed by atoms with Gasteiger partial charge >= 0.3 is 0 Å². The van der Waals surface area contributed by atoms with E-state index in [1.807, 2.05) is 0 Å². The van der Waals surface area contributed by atoms with Crippen LogP contribution in [0.5, 0.6) is 0 Å². The van der Waals surface area contributed by atoms with Gasteiger partial charge in [0.1, 0.15) is 5.78 Å². The minimum atomic E-state index is 0.396. The Kier molecular flexibility index (Phi) is 5.68. The van der Waals surface area contributed by atoms with Gasteiger partial charge in [0.25, 0.3) is 0 Å². The van der Waals surface area contributed by atoms with Crippen LogP contribution in [0.15, 0.2) is 0 Å². The van der Waals surface area contributed by atoms with Crippen molar-refractivity contribution in [2.75, 3.05) is 6.54 Å². The molecule has 3 unspecified atom stereocenters. The molecule has 1 saturated carbocycles. The Morgan fingerprint density at radius 2 is 1.89 bits per heavy atom. The summed E-state index contributed by atoms with van der Waals surface area (Å²) in [6.45, 7) is 3.40. The molecular formula is C16H29NO. The highest BCUT2D eigenvalue weighted by atomic mass is 16.1. The Hall–Kier alpha value is -0.370. The van der Waals surface area contributed by atoms with Gasteiger partial charge in [0, 0.05) is 18.4 Å². The maximum absolute atomic E-state index is 12.4. The van der Waals surface area contributed by atoms with Gasteiger partial charge in [-0.1, -0.05) is 32.6 Å². The lowest BCUT2D eigenvalue weighted by Gasteiger charge is -2.30. The first kappa shape index (κ1) is 14.0. The number of carbonyl (C=O) groups excluding carboxylic acids is 1. The second kappa shape index (κ2) is 7.28. The minimum Gasteiger partial charge on any atom is -0.314 e. The summed E-state index contributed by atoms with van der Waals surface area (Å²) in [6, 6.07) is 0.617. The highest BCUT2D eigenvalue weighted by Crippen LogP contribution is 2.33. The third-order valence-corrected chi connectivity index (χ3v) is 5.00. The lowest BCUT2D eigenvalue weighted by Crippen LogP contribution is -2.35. The molecule has 0 bridgehead atoms. The molecule has 1 aliphatic carbocycles. The fourth-order valence-corrected chi connectivity index (χ4v) is 3.79. The Balaban J connectivity index is 1.75. The normalized spacial score (nSPS) is 33.3. The van der Waals surface area contributed by atoms with Crippen LogP contribution in [0, 0.1) is 11.8 Å². The first-order valence-corrected chi connectivity index (χ1v) is 8.07. The van der Waals surface area contributed by atoms with Crippen molar-refractivity contribution >= 4 is 5.78 Å². The summed E-state index contributed by atoms with van der Waals surface area (Å²) >= 11 is 0. The third kappa shape index (κ3) is 3.81. The average Bonchev–Trinajstić information content (AvgIpc) is 2.45. The molecule has 1 heterocycles. The van der Waals surface area contributed by atoms with E-state index in [1.165, 1.54) is 44.9 Å². The zero-order chi connectivity index (χ0) is 12.8. The zero-order valence-corrected chi connectivity index (χ0v) is 11.9. The summed E-state index contributed by atoms with van der Waals surface area (Å²) in [5.74, 6) is 1.65. The summed E-state index contributed by atoms with van der Waals surface area (Å²) in [5, 5.41) is 3.55. The Labute approximate surface area is 112 Å². The highest BCUT2D eigenvalue weighted by Gasteiger charge is 2.29. The van der Waals surface area contributed by atoms with Crippen molar-refractivity contribution in [3.63, 3.8) is 0 Å². The van der Waals surface area contributed by atoms with Crippen LogP contribution < -0.4 is 5.32 Å². The summed E-state index contributed by atoms with van der Waals surface area (Å²) in [5.41, 5.74) is 0. The SMILES string of the molecule is CCC1CCCCC1C(=O)CCC1CCCCN1. The van der Waals surface area contributed by atoms with Crippen LogP contribution >= 0.6 is 0 Å². The molecular weight excluding hydrogens is 222 g/mol. The fourth-order valence-electron chi connectivity index (χ4n) is 3.79. The van der Waals surface area contributed by atoms with Crippen LogP contribution in [0.2, 0.25) is 0 Å². The molecule has 1 N–H and O–H groups in total. The second-order valence-corrected chi connectivity index (χ2v) is 6.21. The van der Waals surface area contributed by atoms with Crippen molar-refractivity contribution in [1.82, 2.24) is 5.32 Å². The third-order valence-electron chi connectivity index (χ3n) is 5.00. The largest absolute Gasteiger partial charge is 0.314 e. The summed E-state index contributed by atoms with van der Waals surface area (Å²) < 4.78 is 0. The number of Topliss-reactive ketones (excluding diaryl/α,β-unsaturated/α-hetero) is 1. The number of piperidine rings is 1. The molecule has 104 valence electrons. The van der Waals surface area contributed by atoms with Crippen LogP contribution in [-0.2, 0) is 4.79 Å². The van der Waals surface area contributed by atoms with E-state index < -0.39 is 0 Å². The molecule has 3 atom stereocenters. The van der Waals surface area contributed by atoms with Crippen molar-refractivity contribution in [2.45, 2.75) is 77.2 Å². The molecule has 0 aromatic heterocycles. The number of hydrogen-bond acceptors (Lipinski definition) is 2. The molecule has 2 heteroatoms. The molecule has 0 aromatic carbocycles. The quantitative estimate of drug-likeness (QED) is 0.807. The maximum Gasteiger partial charge on any atom is 0.136 e. The van der Waals surface area contributed by atoms with Crippen LogP contribution in [0.25, 0.3) is 0 Å². The van der Waals surface area contributed by atoms with Crippen LogP contribution in [0.3, 0.4) is 0 Å². The van der Waals surface area contributed by atoms with E-state index in [-0.39, 0.29) is 0 Å². The van der Waals surface area contributed by atoms with E-state index in [2.05, 4.69) is 12.2 Å². The van der Waals surface area contributed by atoms with Crippen molar-refractivity contribution in [3.05, 3.63) is 0 Å². The fraction of sp³-hybridized carbons (Fsp3) is 0.938. The lowest BCUT2D eigenvalue weighted by molar-refractivity contribution is -0.125. The van der Waals surface area contributed by atoms with Crippen LogP contribution in [-0.4, -0.2) is 18.4 Å². The number of rotatable bonds is 5. The van der Waals surface area contributed by atoms with E-state index in [1.54, 1.807) is 0 Å². The Morgan fingerprint density at radius 1 is 1.11 bits per heavy atom. The molecule has 1 aliphatic heterocycles. The number of hydrogen-bond donors (Lipinski definition) is 1. The molecule has 2 nitrogen and oxygen atoms in total. The van der Waals surface area contributed by atoms with Gasteiger partial charge in [0.15, 0.2) is 0 Å². The van der Waals surface area contributed by atoms with Gasteiger partial charge in [-0.2, -0.15) is 0 Å². The van der Waals surface area contributed by atoms with E-state index in [0.717, 1.165) is 25.8 Å². The van der Waals surface area contributed by atoms with Crippen molar-refractivity contribution < 1.29 is 4.79 Å². The predicted octanol–water partition coefficient (Wildman–Crippen LogP) is 3.69. The summed E-state index contributed by atoms with van der Waals surface area (Å²) in [4.78, 5) is 12.4. The number of nitrogens with one attached hydrogen (secondary N) is 1. The van der Waals surface area contributed by atoms with Crippen molar-refractivity contribution in [3.8, 4) is 0 Å². The van der Waals surface area contributed by atoms with Gasteiger partial charge in [-0.3, -0.25) is 4.79 Å². The molecule has 2 aliphatic rings. The second-order valence-electron chi connectivity index (χ2n) is 6.21. The van der Waals surface area contributed by atoms with Gasteiger partial charge in [0.2, 0.25) is 0 Å². The standard InChI is InChI=1S/C16H29NO/c1-2-13-7-3-4-9-15(13)16(18)11-10-14-8-5-6-12-17-14/h13-15,17H,2-12H2,1H3. The van der Waals surface area contributed by atoms with Gasteiger partial charge in [-0.25, -0.2) is 0 Å². The minimum absolute atomic E-state index is 0.396. The van der Waals surface area contributed by atoms with Gasteiger partial charge in [-0.15, -0.1) is 0 Å². The number of ketones is 1. The number of carbonyl (C=O) groups is 1. The molecule has 1 saturated heterocycles. The van der Waals surface area contributed by atoms with E-state index in [9.17, 15) is 4.79 Å². The molecule has 2 fully saturated rings. The first-order chi connectivity index (χ1) is 8.81. The van der Waals surface area contributed by atoms with Gasteiger partial charge in [0.05, 0.1) is 0 Å². The van der Waals surface area contributed by atoms with E-state index >= 15 is 0 Å². The predicted molar refractivity (Wildman–Crippen MR) is 75.6 cm³/mol. The van der Waals surface area contributed by atoms with Crippen molar-refractivity contribution in [1.29, 1.82) is 0 Å². The monoisotopic (exact) mass is 251 g/mol. The Bertz CT molecular complexity index is 258. The topological polar surface area (TPSA) is 29.1 Å². The lowest BCUT2D eigenvalue weighted by atomic mass is 9.74. The molecule has 18 heavy (non-hydrogen) atoms. The summed E-state index contributed by atoms with van der Waals surface area (Å²) in [6.07, 6.45) is 12.1. The summed E-state index contributed by atoms with van der Waals surface area (Å²) in [7, 11) is 0. The molecule has 0 radical (unpaired) electrons. The Morgan fingerprint density at radius 3 is 2.61 bits per heavy atom. The highest BCUT2D eigenvalue weighted by molar-refractivity contribution is 5.81. The molecule has 0 aromatic rings. The van der Waals surface area contributed by atoms with Crippen LogP contribution in [0.4, 0.5) is 0 Å². The smallest absolute Gasteiger partial charge is 0.136 e. The average molecular weight is 251 g/mol. The molecule has 0 amide bonds. The molecule has 2 rings (SSSR count). The first-order valence-electron chi connectivity index (χ1n) is 8.07. The van der Waals surface area contributed by atoms with Crippen molar-refractivity contribution in [2.24, 2.45) is 11.8 Å². The van der Waals surface area contributed by atoms with Crippen LogP contribution in [0.1, 0.15) is 71.1 Å². The zero-order valence-electron chi connectivity index (χ0n) is 11.9. The maximum atomic E-state index is 12.4. The van der Waals surface area contributed by atoms with Gasteiger partial charge in [-0.05, 0) is 44.6 Å². The van der Waals surface area contributed by atoms with E-state index in [0.29, 0.717) is 23.7 Å². The van der Waals surface area contributed by atoms with E-state index in [4.69, 9.17) is 0 Å². The molecule has 0 spiro atoms.